The molecule has 0 aliphatic carbocycles. The lowest BCUT2D eigenvalue weighted by Gasteiger charge is -2.14. The Bertz CT molecular complexity index is 600. The van der Waals surface area contributed by atoms with E-state index in [9.17, 15) is 9.90 Å². The first-order valence-electron chi connectivity index (χ1n) is 6.35. The van der Waals surface area contributed by atoms with Crippen molar-refractivity contribution in [3.05, 3.63) is 27.7 Å². The van der Waals surface area contributed by atoms with Crippen LogP contribution in [0.1, 0.15) is 16.9 Å². The van der Waals surface area contributed by atoms with Gasteiger partial charge in [-0.2, -0.15) is 16.9 Å². The fraction of sp³-hybridized carbons (Fsp3) is 0.385. The number of aliphatic hydroxyl groups is 1. The number of nitrogens with zero attached hydrogens (tertiary/aromatic N) is 1. The van der Waals surface area contributed by atoms with Crippen molar-refractivity contribution < 1.29 is 9.90 Å². The normalized spacial score (nSPS) is 12.3. The zero-order chi connectivity index (χ0) is 15.2. The fourth-order valence-electron chi connectivity index (χ4n) is 1.75. The number of thioether (sulfide) groups is 1. The van der Waals surface area contributed by atoms with Crippen LogP contribution in [-0.4, -0.2) is 45.9 Å². The fourth-order valence-corrected chi connectivity index (χ4v) is 3.62. The Hall–Kier alpha value is -0.830. The van der Waals surface area contributed by atoms with Crippen molar-refractivity contribution in [3.63, 3.8) is 0 Å². The van der Waals surface area contributed by atoms with Gasteiger partial charge >= 0.3 is 0 Å². The summed E-state index contributed by atoms with van der Waals surface area (Å²) in [5.74, 6) is 0.619. The molecule has 2 rings (SSSR count). The van der Waals surface area contributed by atoms with Gasteiger partial charge in [-0.15, -0.1) is 11.3 Å². The van der Waals surface area contributed by atoms with Gasteiger partial charge in [-0.25, -0.2) is 0 Å². The van der Waals surface area contributed by atoms with Crippen LogP contribution >= 0.6 is 39.0 Å². The van der Waals surface area contributed by atoms with E-state index in [1.165, 1.54) is 0 Å². The molecule has 2 aromatic heterocycles. The molecule has 0 saturated heterocycles. The number of amides is 1. The van der Waals surface area contributed by atoms with Gasteiger partial charge in [0, 0.05) is 0 Å². The summed E-state index contributed by atoms with van der Waals surface area (Å²) in [6, 6.07) is 5.39. The molecule has 0 saturated carbocycles. The largest absolute Gasteiger partial charge is 0.394 e. The monoisotopic (exact) mass is 389 g/mol. The smallest absolute Gasteiger partial charge is 0.272 e. The molecule has 21 heavy (non-hydrogen) atoms. The predicted octanol–water partition coefficient (Wildman–Crippen LogP) is 2.74. The van der Waals surface area contributed by atoms with Crippen molar-refractivity contribution in [2.45, 2.75) is 12.5 Å². The van der Waals surface area contributed by atoms with E-state index in [1.54, 1.807) is 29.2 Å². The number of aromatic nitrogens is 2. The minimum atomic E-state index is -0.270. The Morgan fingerprint density at radius 2 is 2.43 bits per heavy atom. The highest BCUT2D eigenvalue weighted by molar-refractivity contribution is 9.11. The van der Waals surface area contributed by atoms with Crippen LogP contribution in [0.3, 0.4) is 0 Å². The summed E-state index contributed by atoms with van der Waals surface area (Å²) in [5.41, 5.74) is 1.14. The maximum absolute atomic E-state index is 12.1. The van der Waals surface area contributed by atoms with Crippen molar-refractivity contribution in [2.75, 3.05) is 18.6 Å². The maximum atomic E-state index is 12.1. The first-order valence-corrected chi connectivity index (χ1v) is 9.36. The molecule has 0 spiro atoms. The van der Waals surface area contributed by atoms with Crippen LogP contribution < -0.4 is 5.32 Å². The van der Waals surface area contributed by atoms with E-state index in [2.05, 4.69) is 31.4 Å². The summed E-state index contributed by atoms with van der Waals surface area (Å²) in [6.07, 6.45) is 2.73. The molecule has 0 fully saturated rings. The molecule has 0 aliphatic rings. The van der Waals surface area contributed by atoms with Crippen LogP contribution in [-0.2, 0) is 0 Å². The van der Waals surface area contributed by atoms with E-state index < -0.39 is 0 Å². The molecule has 1 amide bonds. The molecular formula is C13H16BrN3O2S2. The topological polar surface area (TPSA) is 78.0 Å². The number of carbonyl (C=O) groups excluding carboxylic acids is 1. The van der Waals surface area contributed by atoms with E-state index in [0.29, 0.717) is 5.69 Å². The molecule has 0 radical (unpaired) electrons. The van der Waals surface area contributed by atoms with Gasteiger partial charge in [0.25, 0.3) is 5.91 Å². The second kappa shape index (κ2) is 7.98. The number of rotatable bonds is 7. The Morgan fingerprint density at radius 3 is 3.05 bits per heavy atom. The second-order valence-electron chi connectivity index (χ2n) is 4.41. The molecule has 0 bridgehead atoms. The average Bonchev–Trinajstić information content (AvgIpc) is 3.11. The maximum Gasteiger partial charge on any atom is 0.272 e. The van der Waals surface area contributed by atoms with Gasteiger partial charge < -0.3 is 10.4 Å². The van der Waals surface area contributed by atoms with Crippen LogP contribution in [0.15, 0.2) is 22.0 Å². The van der Waals surface area contributed by atoms with Gasteiger partial charge in [0.1, 0.15) is 0 Å². The molecule has 114 valence electrons. The van der Waals surface area contributed by atoms with Crippen LogP contribution in [0, 0.1) is 0 Å². The van der Waals surface area contributed by atoms with Gasteiger partial charge in [0.05, 0.1) is 27.0 Å². The molecule has 3 N–H and O–H groups in total. The Kier molecular flexibility index (Phi) is 6.28. The van der Waals surface area contributed by atoms with E-state index in [-0.39, 0.29) is 18.6 Å². The summed E-state index contributed by atoms with van der Waals surface area (Å²) in [4.78, 5) is 13.1. The highest BCUT2D eigenvalue weighted by Gasteiger charge is 2.16. The lowest BCUT2D eigenvalue weighted by molar-refractivity contribution is 0.0910. The second-order valence-corrected chi connectivity index (χ2v) is 7.85. The molecule has 2 aromatic rings. The molecule has 0 aliphatic heterocycles. The highest BCUT2D eigenvalue weighted by Crippen LogP contribution is 2.30. The average molecular weight is 390 g/mol. The van der Waals surface area contributed by atoms with E-state index in [0.717, 1.165) is 26.5 Å². The first kappa shape index (κ1) is 16.5. The van der Waals surface area contributed by atoms with Crippen LogP contribution in [0.25, 0.3) is 10.6 Å². The van der Waals surface area contributed by atoms with Gasteiger partial charge in [-0.1, -0.05) is 0 Å². The standard InChI is InChI=1S/C13H16BrN3O2S2/c1-20-5-4-8(7-18)15-13(19)10-6-9(16-17-10)11-2-3-12(14)21-11/h2-3,6,8,18H,4-5,7H2,1H3,(H,15,19)(H,16,17)/t8-/m0/s1. The quantitative estimate of drug-likeness (QED) is 0.680. The van der Waals surface area contributed by atoms with E-state index in [1.807, 2.05) is 18.4 Å². The van der Waals surface area contributed by atoms with Crippen molar-refractivity contribution in [2.24, 2.45) is 0 Å². The zero-order valence-corrected chi connectivity index (χ0v) is 14.6. The minimum Gasteiger partial charge on any atom is -0.394 e. The van der Waals surface area contributed by atoms with Crippen LogP contribution in [0.5, 0.6) is 0 Å². The molecular weight excluding hydrogens is 374 g/mol. The molecule has 1 atom stereocenters. The van der Waals surface area contributed by atoms with Crippen LogP contribution in [0.4, 0.5) is 0 Å². The molecule has 0 unspecified atom stereocenters. The SMILES string of the molecule is CSCC[C@@H](CO)NC(=O)c1cc(-c2ccc(Br)s2)[nH]n1. The van der Waals surface area contributed by atoms with Gasteiger partial charge in [0.15, 0.2) is 5.69 Å². The van der Waals surface area contributed by atoms with Crippen molar-refractivity contribution >= 4 is 44.9 Å². The van der Waals surface area contributed by atoms with Crippen molar-refractivity contribution in [1.29, 1.82) is 0 Å². The van der Waals surface area contributed by atoms with Gasteiger partial charge in [-0.3, -0.25) is 9.89 Å². The molecule has 0 aromatic carbocycles. The number of hydrogen-bond acceptors (Lipinski definition) is 5. The van der Waals surface area contributed by atoms with Gasteiger partial charge in [-0.05, 0) is 52.6 Å². The van der Waals surface area contributed by atoms with Crippen molar-refractivity contribution in [3.8, 4) is 10.6 Å². The summed E-state index contributed by atoms with van der Waals surface area (Å²) in [5, 5.41) is 19.0. The Labute approximate surface area is 139 Å². The number of aromatic amines is 1. The summed E-state index contributed by atoms with van der Waals surface area (Å²) in [6.45, 7) is -0.0680. The lowest BCUT2D eigenvalue weighted by Crippen LogP contribution is -2.38. The minimum absolute atomic E-state index is 0.0680. The Balaban J connectivity index is 2.01. The highest BCUT2D eigenvalue weighted by atomic mass is 79.9. The third kappa shape index (κ3) is 4.57. The number of nitrogens with one attached hydrogen (secondary N) is 2. The van der Waals surface area contributed by atoms with Crippen molar-refractivity contribution in [1.82, 2.24) is 15.5 Å². The summed E-state index contributed by atoms with van der Waals surface area (Å²) < 4.78 is 1.02. The number of hydrogen-bond donors (Lipinski definition) is 3. The summed E-state index contributed by atoms with van der Waals surface area (Å²) >= 11 is 6.66. The number of halogens is 1. The molecule has 8 heteroatoms. The van der Waals surface area contributed by atoms with E-state index in [4.69, 9.17) is 0 Å². The number of aliphatic hydroxyl groups excluding tert-OH is 1. The number of thiophene rings is 1. The predicted molar refractivity (Wildman–Crippen MR) is 90.9 cm³/mol. The zero-order valence-electron chi connectivity index (χ0n) is 11.4. The third-order valence-corrected chi connectivity index (χ3v) is 5.18. The lowest BCUT2D eigenvalue weighted by atomic mass is 10.2. The van der Waals surface area contributed by atoms with Crippen LogP contribution in [0.2, 0.25) is 0 Å². The molecule has 2 heterocycles. The third-order valence-electron chi connectivity index (χ3n) is 2.88. The molecule has 5 nitrogen and oxygen atoms in total. The summed E-state index contributed by atoms with van der Waals surface area (Å²) in [7, 11) is 0. The number of H-pyrrole nitrogens is 1. The number of carbonyl (C=O) groups is 1. The van der Waals surface area contributed by atoms with E-state index >= 15 is 0 Å². The Morgan fingerprint density at radius 1 is 1.62 bits per heavy atom. The van der Waals surface area contributed by atoms with Gasteiger partial charge in [0.2, 0.25) is 0 Å². The first-order chi connectivity index (χ1) is 10.1.